The van der Waals surface area contributed by atoms with Gasteiger partial charge in [0.2, 0.25) is 0 Å². The van der Waals surface area contributed by atoms with Crippen LogP contribution in [-0.2, 0) is 0 Å². The zero-order chi connectivity index (χ0) is 19.0. The molecule has 4 rings (SSSR count). The maximum absolute atomic E-state index is 12.8. The van der Waals surface area contributed by atoms with Gasteiger partial charge in [-0.05, 0) is 33.0 Å². The van der Waals surface area contributed by atoms with E-state index in [9.17, 15) is 4.79 Å². The van der Waals surface area contributed by atoms with Crippen molar-refractivity contribution in [3.05, 3.63) is 41.6 Å². The van der Waals surface area contributed by atoms with Gasteiger partial charge in [-0.25, -0.2) is 9.67 Å². The number of likely N-dealkylation sites (N-methyl/N-ethyl adjacent to an activating group) is 1. The first-order valence-electron chi connectivity index (χ1n) is 8.82. The number of aromatic nitrogens is 5. The fourth-order valence-corrected chi connectivity index (χ4v) is 3.08. The molecule has 0 bridgehead atoms. The quantitative estimate of drug-likeness (QED) is 0.689. The summed E-state index contributed by atoms with van der Waals surface area (Å²) in [6.45, 7) is 6.88. The normalized spacial score (nSPS) is 15.3. The van der Waals surface area contributed by atoms with Crippen LogP contribution in [0.5, 0.6) is 0 Å². The highest BCUT2D eigenvalue weighted by atomic mass is 16.5. The lowest BCUT2D eigenvalue weighted by molar-refractivity contribution is 0.0663. The van der Waals surface area contributed by atoms with Gasteiger partial charge in [-0.2, -0.15) is 10.1 Å². The Morgan fingerprint density at radius 2 is 1.89 bits per heavy atom. The van der Waals surface area contributed by atoms with Gasteiger partial charge in [0.05, 0.1) is 23.0 Å². The lowest BCUT2D eigenvalue weighted by Crippen LogP contribution is -2.47. The summed E-state index contributed by atoms with van der Waals surface area (Å²) in [4.78, 5) is 25.5. The standard InChI is InChI=1S/C18H21N7O2/c1-12-15(18(26)24-8-6-23(3)7-9-24)11-20-25(12)16-5-4-14(10-19-16)17-21-13(2)22-27-17/h4-5,10-11H,6-9H2,1-3H3. The van der Waals surface area contributed by atoms with E-state index in [4.69, 9.17) is 4.52 Å². The lowest BCUT2D eigenvalue weighted by Gasteiger charge is -2.32. The number of nitrogens with zero attached hydrogens (tertiary/aromatic N) is 7. The molecular formula is C18H21N7O2. The summed E-state index contributed by atoms with van der Waals surface area (Å²) < 4.78 is 6.83. The smallest absolute Gasteiger partial charge is 0.259 e. The molecule has 0 atom stereocenters. The minimum Gasteiger partial charge on any atom is -0.336 e. The van der Waals surface area contributed by atoms with Crippen LogP contribution in [0.1, 0.15) is 21.9 Å². The molecule has 3 aromatic rings. The lowest BCUT2D eigenvalue weighted by atomic mass is 10.2. The van der Waals surface area contributed by atoms with Crippen LogP contribution in [0.4, 0.5) is 0 Å². The van der Waals surface area contributed by atoms with Crippen molar-refractivity contribution in [1.82, 2.24) is 34.7 Å². The predicted molar refractivity (Wildman–Crippen MR) is 97.5 cm³/mol. The molecule has 1 amide bonds. The molecule has 9 heteroatoms. The molecule has 1 aliphatic heterocycles. The Balaban J connectivity index is 1.56. The minimum absolute atomic E-state index is 0.0183. The van der Waals surface area contributed by atoms with E-state index in [0.717, 1.165) is 37.4 Å². The fraction of sp³-hybridized carbons (Fsp3) is 0.389. The van der Waals surface area contributed by atoms with Gasteiger partial charge in [0.25, 0.3) is 11.8 Å². The summed E-state index contributed by atoms with van der Waals surface area (Å²) in [5.41, 5.74) is 2.11. The van der Waals surface area contributed by atoms with Crippen LogP contribution in [0.25, 0.3) is 17.3 Å². The molecule has 1 saturated heterocycles. The first-order chi connectivity index (χ1) is 13.0. The van der Waals surface area contributed by atoms with Crippen molar-refractivity contribution in [2.45, 2.75) is 13.8 Å². The van der Waals surface area contributed by atoms with Crippen molar-refractivity contribution in [2.75, 3.05) is 33.2 Å². The summed E-state index contributed by atoms with van der Waals surface area (Å²) in [6, 6.07) is 3.66. The average Bonchev–Trinajstić information content (AvgIpc) is 3.28. The third-order valence-corrected chi connectivity index (χ3v) is 4.77. The molecule has 0 radical (unpaired) electrons. The molecule has 0 aliphatic carbocycles. The van der Waals surface area contributed by atoms with Gasteiger partial charge in [-0.3, -0.25) is 4.79 Å². The van der Waals surface area contributed by atoms with E-state index in [2.05, 4.69) is 32.2 Å². The van der Waals surface area contributed by atoms with E-state index < -0.39 is 0 Å². The first kappa shape index (κ1) is 17.3. The van der Waals surface area contributed by atoms with Crippen LogP contribution in [0.3, 0.4) is 0 Å². The highest BCUT2D eigenvalue weighted by molar-refractivity contribution is 5.95. The van der Waals surface area contributed by atoms with Crippen LogP contribution in [0.15, 0.2) is 29.0 Å². The maximum atomic E-state index is 12.8. The largest absolute Gasteiger partial charge is 0.336 e. The van der Waals surface area contributed by atoms with Crippen LogP contribution < -0.4 is 0 Å². The number of amides is 1. The molecule has 1 aliphatic rings. The van der Waals surface area contributed by atoms with Crippen molar-refractivity contribution >= 4 is 5.91 Å². The maximum Gasteiger partial charge on any atom is 0.259 e. The second-order valence-electron chi connectivity index (χ2n) is 6.70. The zero-order valence-electron chi connectivity index (χ0n) is 15.6. The number of piperazine rings is 1. The van der Waals surface area contributed by atoms with Crippen LogP contribution in [0.2, 0.25) is 0 Å². The Bertz CT molecular complexity index is 953. The molecule has 1 fully saturated rings. The first-order valence-corrected chi connectivity index (χ1v) is 8.82. The number of pyridine rings is 1. The van der Waals surface area contributed by atoms with Crippen molar-refractivity contribution < 1.29 is 9.32 Å². The van der Waals surface area contributed by atoms with E-state index in [1.807, 2.05) is 24.0 Å². The van der Waals surface area contributed by atoms with E-state index in [1.54, 1.807) is 24.0 Å². The molecule has 3 aromatic heterocycles. The highest BCUT2D eigenvalue weighted by Gasteiger charge is 2.24. The van der Waals surface area contributed by atoms with Crippen molar-refractivity contribution in [3.63, 3.8) is 0 Å². The van der Waals surface area contributed by atoms with Crippen molar-refractivity contribution in [3.8, 4) is 17.3 Å². The second-order valence-corrected chi connectivity index (χ2v) is 6.70. The number of hydrogen-bond donors (Lipinski definition) is 0. The Labute approximate surface area is 156 Å². The number of aryl methyl sites for hydroxylation is 1. The van der Waals surface area contributed by atoms with Crippen LogP contribution in [-0.4, -0.2) is 73.8 Å². The van der Waals surface area contributed by atoms with Gasteiger partial charge in [0.15, 0.2) is 11.6 Å². The van der Waals surface area contributed by atoms with Crippen molar-refractivity contribution in [2.24, 2.45) is 0 Å². The SMILES string of the molecule is Cc1noc(-c2ccc(-n3ncc(C(=O)N4CCN(C)CC4)c3C)nc2)n1. The minimum atomic E-state index is 0.0183. The van der Waals surface area contributed by atoms with Gasteiger partial charge in [-0.1, -0.05) is 5.16 Å². The summed E-state index contributed by atoms with van der Waals surface area (Å²) in [6.07, 6.45) is 3.28. The van der Waals surface area contributed by atoms with Crippen LogP contribution in [0, 0.1) is 13.8 Å². The van der Waals surface area contributed by atoms with Crippen LogP contribution >= 0.6 is 0 Å². The topological polar surface area (TPSA) is 93.2 Å². The number of carbonyl (C=O) groups excluding carboxylic acids is 1. The Morgan fingerprint density at radius 3 is 2.52 bits per heavy atom. The second kappa shape index (κ2) is 6.92. The molecular weight excluding hydrogens is 346 g/mol. The Kier molecular flexibility index (Phi) is 4.44. The zero-order valence-corrected chi connectivity index (χ0v) is 15.6. The number of rotatable bonds is 3. The Morgan fingerprint density at radius 1 is 1.11 bits per heavy atom. The van der Waals surface area contributed by atoms with E-state index >= 15 is 0 Å². The number of hydrogen-bond acceptors (Lipinski definition) is 7. The molecule has 4 heterocycles. The summed E-state index contributed by atoms with van der Waals surface area (Å²) in [7, 11) is 2.07. The molecule has 0 aromatic carbocycles. The van der Waals surface area contributed by atoms with E-state index in [-0.39, 0.29) is 5.91 Å². The summed E-state index contributed by atoms with van der Waals surface area (Å²) in [5.74, 6) is 1.65. The van der Waals surface area contributed by atoms with Gasteiger partial charge >= 0.3 is 0 Å². The fourth-order valence-electron chi connectivity index (χ4n) is 3.08. The van der Waals surface area contributed by atoms with Gasteiger partial charge in [0.1, 0.15) is 0 Å². The van der Waals surface area contributed by atoms with E-state index in [1.165, 1.54) is 0 Å². The van der Waals surface area contributed by atoms with Crippen molar-refractivity contribution in [1.29, 1.82) is 0 Å². The summed E-state index contributed by atoms with van der Waals surface area (Å²) >= 11 is 0. The monoisotopic (exact) mass is 367 g/mol. The Hall–Kier alpha value is -3.07. The molecule has 0 saturated carbocycles. The third kappa shape index (κ3) is 3.33. The van der Waals surface area contributed by atoms with Gasteiger partial charge in [-0.15, -0.1) is 0 Å². The molecule has 0 N–H and O–H groups in total. The molecule has 0 spiro atoms. The average molecular weight is 367 g/mol. The van der Waals surface area contributed by atoms with E-state index in [0.29, 0.717) is 23.1 Å². The number of carbonyl (C=O) groups is 1. The molecule has 140 valence electrons. The molecule has 9 nitrogen and oxygen atoms in total. The van der Waals surface area contributed by atoms with Gasteiger partial charge in [0, 0.05) is 32.4 Å². The highest BCUT2D eigenvalue weighted by Crippen LogP contribution is 2.19. The molecule has 0 unspecified atom stereocenters. The third-order valence-electron chi connectivity index (χ3n) is 4.77. The van der Waals surface area contributed by atoms with Gasteiger partial charge < -0.3 is 14.3 Å². The summed E-state index contributed by atoms with van der Waals surface area (Å²) in [5, 5.41) is 8.15. The molecule has 27 heavy (non-hydrogen) atoms. The predicted octanol–water partition coefficient (Wildman–Crippen LogP) is 1.32.